The standard InChI is InChI=1S/C21H31N3O4/c1-21(2,3)28-20(27)22-12-9-18(25)23-15-16-10-13-24(14-11-16)19(26)17-7-5-4-6-8-17/h4-8,16H,9-15H2,1-3H3,(H,22,27)(H,23,25). The molecule has 1 aromatic carbocycles. The van der Waals surface area contributed by atoms with Crippen LogP contribution in [-0.2, 0) is 9.53 Å². The van der Waals surface area contributed by atoms with Crippen molar-refractivity contribution in [1.82, 2.24) is 15.5 Å². The van der Waals surface area contributed by atoms with Gasteiger partial charge in [0.05, 0.1) is 0 Å². The van der Waals surface area contributed by atoms with Crippen molar-refractivity contribution in [2.45, 2.75) is 45.6 Å². The van der Waals surface area contributed by atoms with E-state index in [0.717, 1.165) is 12.8 Å². The van der Waals surface area contributed by atoms with E-state index < -0.39 is 11.7 Å². The smallest absolute Gasteiger partial charge is 0.407 e. The van der Waals surface area contributed by atoms with E-state index in [1.165, 1.54) is 0 Å². The number of piperidine rings is 1. The average Bonchev–Trinajstić information content (AvgIpc) is 2.65. The summed E-state index contributed by atoms with van der Waals surface area (Å²) in [7, 11) is 0. The topological polar surface area (TPSA) is 87.7 Å². The molecular weight excluding hydrogens is 358 g/mol. The first kappa shape index (κ1) is 21.7. The number of nitrogens with zero attached hydrogens (tertiary/aromatic N) is 1. The van der Waals surface area contributed by atoms with E-state index in [1.54, 1.807) is 20.8 Å². The molecule has 0 radical (unpaired) electrons. The second kappa shape index (κ2) is 10.1. The second-order valence-electron chi connectivity index (χ2n) is 8.08. The highest BCUT2D eigenvalue weighted by atomic mass is 16.6. The zero-order chi connectivity index (χ0) is 20.6. The van der Waals surface area contributed by atoms with Gasteiger partial charge in [-0.3, -0.25) is 9.59 Å². The molecule has 1 saturated heterocycles. The molecule has 0 aliphatic carbocycles. The number of likely N-dealkylation sites (tertiary alicyclic amines) is 1. The lowest BCUT2D eigenvalue weighted by Gasteiger charge is -2.32. The number of ether oxygens (including phenoxy) is 1. The lowest BCUT2D eigenvalue weighted by atomic mass is 9.96. The fraction of sp³-hybridized carbons (Fsp3) is 0.571. The average molecular weight is 389 g/mol. The molecule has 1 aromatic rings. The zero-order valence-corrected chi connectivity index (χ0v) is 17.0. The van der Waals surface area contributed by atoms with Gasteiger partial charge in [-0.05, 0) is 51.7 Å². The molecule has 2 rings (SSSR count). The summed E-state index contributed by atoms with van der Waals surface area (Å²) in [6.45, 7) is 7.61. The van der Waals surface area contributed by atoms with Gasteiger partial charge in [0.15, 0.2) is 0 Å². The van der Waals surface area contributed by atoms with Crippen LogP contribution in [0.25, 0.3) is 0 Å². The summed E-state index contributed by atoms with van der Waals surface area (Å²) >= 11 is 0. The van der Waals surface area contributed by atoms with Crippen LogP contribution >= 0.6 is 0 Å². The fourth-order valence-electron chi connectivity index (χ4n) is 3.04. The first-order valence-corrected chi connectivity index (χ1v) is 9.82. The second-order valence-corrected chi connectivity index (χ2v) is 8.08. The van der Waals surface area contributed by atoms with Crippen molar-refractivity contribution in [2.75, 3.05) is 26.2 Å². The van der Waals surface area contributed by atoms with E-state index in [4.69, 9.17) is 4.74 Å². The van der Waals surface area contributed by atoms with Crippen molar-refractivity contribution >= 4 is 17.9 Å². The monoisotopic (exact) mass is 389 g/mol. The Balaban J connectivity index is 1.61. The first-order chi connectivity index (χ1) is 13.2. The molecule has 7 heteroatoms. The number of rotatable bonds is 6. The Labute approximate surface area is 166 Å². The third-order valence-corrected chi connectivity index (χ3v) is 4.53. The molecule has 2 N–H and O–H groups in total. The minimum absolute atomic E-state index is 0.0660. The lowest BCUT2D eigenvalue weighted by molar-refractivity contribution is -0.121. The Morgan fingerprint density at radius 3 is 2.32 bits per heavy atom. The molecule has 0 atom stereocenters. The van der Waals surface area contributed by atoms with Crippen LogP contribution in [0.3, 0.4) is 0 Å². The maximum absolute atomic E-state index is 12.4. The van der Waals surface area contributed by atoms with Crippen LogP contribution in [0.15, 0.2) is 30.3 Å². The first-order valence-electron chi connectivity index (χ1n) is 9.82. The Morgan fingerprint density at radius 2 is 1.71 bits per heavy atom. The highest BCUT2D eigenvalue weighted by Gasteiger charge is 2.23. The number of amides is 3. The molecule has 1 heterocycles. The molecule has 0 aromatic heterocycles. The number of nitrogens with one attached hydrogen (secondary N) is 2. The van der Waals surface area contributed by atoms with E-state index >= 15 is 0 Å². The van der Waals surface area contributed by atoms with Gasteiger partial charge in [-0.2, -0.15) is 0 Å². The Kier molecular flexibility index (Phi) is 7.84. The van der Waals surface area contributed by atoms with Crippen LogP contribution in [0.2, 0.25) is 0 Å². The van der Waals surface area contributed by atoms with Gasteiger partial charge in [-0.1, -0.05) is 18.2 Å². The van der Waals surface area contributed by atoms with Gasteiger partial charge in [0.2, 0.25) is 5.91 Å². The van der Waals surface area contributed by atoms with E-state index in [2.05, 4.69) is 10.6 Å². The summed E-state index contributed by atoms with van der Waals surface area (Å²) in [5.74, 6) is 0.331. The minimum Gasteiger partial charge on any atom is -0.444 e. The highest BCUT2D eigenvalue weighted by Crippen LogP contribution is 2.18. The van der Waals surface area contributed by atoms with Gasteiger partial charge in [-0.25, -0.2) is 4.79 Å². The number of carbonyl (C=O) groups is 3. The highest BCUT2D eigenvalue weighted by molar-refractivity contribution is 5.94. The molecule has 0 spiro atoms. The van der Waals surface area contributed by atoms with Crippen molar-refractivity contribution in [3.8, 4) is 0 Å². The minimum atomic E-state index is -0.552. The van der Waals surface area contributed by atoms with Gasteiger partial charge < -0.3 is 20.3 Å². The van der Waals surface area contributed by atoms with E-state index in [0.29, 0.717) is 31.1 Å². The summed E-state index contributed by atoms with van der Waals surface area (Å²) in [6.07, 6.45) is 1.44. The molecule has 1 aliphatic rings. The predicted molar refractivity (Wildman–Crippen MR) is 107 cm³/mol. The summed E-state index contributed by atoms with van der Waals surface area (Å²) in [5, 5.41) is 5.49. The number of carbonyl (C=O) groups excluding carboxylic acids is 3. The van der Waals surface area contributed by atoms with Crippen molar-refractivity contribution in [1.29, 1.82) is 0 Å². The fourth-order valence-corrected chi connectivity index (χ4v) is 3.04. The molecule has 3 amide bonds. The Hall–Kier alpha value is -2.57. The van der Waals surface area contributed by atoms with Crippen LogP contribution in [0.4, 0.5) is 4.79 Å². The molecule has 28 heavy (non-hydrogen) atoms. The van der Waals surface area contributed by atoms with Crippen LogP contribution in [0, 0.1) is 5.92 Å². The van der Waals surface area contributed by atoms with Crippen molar-refractivity contribution < 1.29 is 19.1 Å². The van der Waals surface area contributed by atoms with Crippen LogP contribution in [0.1, 0.15) is 50.4 Å². The van der Waals surface area contributed by atoms with Gasteiger partial charge >= 0.3 is 6.09 Å². The summed E-state index contributed by atoms with van der Waals surface area (Å²) in [4.78, 5) is 37.8. The van der Waals surface area contributed by atoms with Gasteiger partial charge in [0.1, 0.15) is 5.60 Å². The van der Waals surface area contributed by atoms with Crippen molar-refractivity contribution in [2.24, 2.45) is 5.92 Å². The zero-order valence-electron chi connectivity index (χ0n) is 17.0. The summed E-state index contributed by atoms with van der Waals surface area (Å²) < 4.78 is 5.12. The van der Waals surface area contributed by atoms with Gasteiger partial charge in [0, 0.05) is 38.2 Å². The number of benzene rings is 1. The molecule has 0 bridgehead atoms. The van der Waals surface area contributed by atoms with Crippen LogP contribution in [0.5, 0.6) is 0 Å². The van der Waals surface area contributed by atoms with E-state index in [9.17, 15) is 14.4 Å². The SMILES string of the molecule is CC(C)(C)OC(=O)NCCC(=O)NCC1CCN(C(=O)c2ccccc2)CC1. The molecule has 154 valence electrons. The number of alkyl carbamates (subject to hydrolysis) is 1. The molecular formula is C21H31N3O4. The third kappa shape index (κ3) is 7.58. The van der Waals surface area contributed by atoms with Crippen molar-refractivity contribution in [3.05, 3.63) is 35.9 Å². The van der Waals surface area contributed by atoms with E-state index in [-0.39, 0.29) is 24.8 Å². The molecule has 7 nitrogen and oxygen atoms in total. The Bertz CT molecular complexity index is 662. The summed E-state index contributed by atoms with van der Waals surface area (Å²) in [5.41, 5.74) is 0.162. The van der Waals surface area contributed by atoms with Crippen molar-refractivity contribution in [3.63, 3.8) is 0 Å². The molecule has 1 fully saturated rings. The van der Waals surface area contributed by atoms with Crippen LogP contribution in [-0.4, -0.2) is 54.6 Å². The van der Waals surface area contributed by atoms with Gasteiger partial charge in [-0.15, -0.1) is 0 Å². The molecule has 0 saturated carbocycles. The summed E-state index contributed by atoms with van der Waals surface area (Å²) in [6, 6.07) is 9.30. The molecule has 1 aliphatic heterocycles. The predicted octanol–water partition coefficient (Wildman–Crippen LogP) is 2.57. The molecule has 0 unspecified atom stereocenters. The van der Waals surface area contributed by atoms with Gasteiger partial charge in [0.25, 0.3) is 5.91 Å². The quantitative estimate of drug-likeness (QED) is 0.783. The number of hydrogen-bond acceptors (Lipinski definition) is 4. The lowest BCUT2D eigenvalue weighted by Crippen LogP contribution is -2.42. The maximum atomic E-state index is 12.4. The normalized spacial score (nSPS) is 15.0. The van der Waals surface area contributed by atoms with Crippen LogP contribution < -0.4 is 10.6 Å². The van der Waals surface area contributed by atoms with E-state index in [1.807, 2.05) is 35.2 Å². The number of hydrogen-bond donors (Lipinski definition) is 2. The largest absolute Gasteiger partial charge is 0.444 e. The Morgan fingerprint density at radius 1 is 1.07 bits per heavy atom. The third-order valence-electron chi connectivity index (χ3n) is 4.53. The maximum Gasteiger partial charge on any atom is 0.407 e.